The number of halogens is 1. The number of aliphatic hydroxyl groups is 1. The molecule has 0 saturated carbocycles. The van der Waals surface area contributed by atoms with Gasteiger partial charge in [-0.2, -0.15) is 4.98 Å². The minimum Gasteiger partial charge on any atom is -0.510 e. The van der Waals surface area contributed by atoms with Crippen molar-refractivity contribution in [3.05, 3.63) is 76.6 Å². The molecule has 0 radical (unpaired) electrons. The summed E-state index contributed by atoms with van der Waals surface area (Å²) in [5.74, 6) is 1.19. The number of anilines is 1. The second kappa shape index (κ2) is 9.68. The fraction of sp³-hybridized carbons (Fsp3) is 0.150. The second-order valence-electron chi connectivity index (χ2n) is 6.00. The highest BCUT2D eigenvalue weighted by Crippen LogP contribution is 2.23. The maximum Gasteiger partial charge on any atom is 0.225 e. The van der Waals surface area contributed by atoms with Crippen LogP contribution in [0.2, 0.25) is 0 Å². The summed E-state index contributed by atoms with van der Waals surface area (Å²) in [4.78, 5) is 12.7. The molecule has 7 heteroatoms. The Hall–Kier alpha value is -2.93. The first kappa shape index (κ1) is 20.4. The van der Waals surface area contributed by atoms with Crippen molar-refractivity contribution in [1.29, 1.82) is 0 Å². The minimum atomic E-state index is 0.115. The molecule has 0 amide bonds. The molecule has 140 valence electrons. The van der Waals surface area contributed by atoms with E-state index in [0.29, 0.717) is 27.6 Å². The molecule has 0 aliphatic carbocycles. The van der Waals surface area contributed by atoms with Gasteiger partial charge in [0.25, 0.3) is 0 Å². The zero-order chi connectivity index (χ0) is 19.8. The number of hydrogen-bond donors (Lipinski definition) is 3. The molecule has 2 rings (SSSR count). The third-order valence-electron chi connectivity index (χ3n) is 3.31. The molecule has 0 fully saturated rings. The number of aromatic nitrogens is 2. The highest BCUT2D eigenvalue weighted by molar-refractivity contribution is 9.10. The van der Waals surface area contributed by atoms with Gasteiger partial charge in [0, 0.05) is 6.20 Å². The van der Waals surface area contributed by atoms with Gasteiger partial charge in [-0.05, 0) is 53.1 Å². The summed E-state index contributed by atoms with van der Waals surface area (Å²) < 4.78 is 0.621. The lowest BCUT2D eigenvalue weighted by atomic mass is 10.1. The van der Waals surface area contributed by atoms with E-state index in [0.717, 1.165) is 11.1 Å². The van der Waals surface area contributed by atoms with Gasteiger partial charge in [-0.15, -0.1) is 0 Å². The predicted molar refractivity (Wildman–Crippen MR) is 115 cm³/mol. The largest absolute Gasteiger partial charge is 0.510 e. The van der Waals surface area contributed by atoms with Gasteiger partial charge in [0.05, 0.1) is 11.0 Å². The highest BCUT2D eigenvalue weighted by Gasteiger charge is 2.06. The van der Waals surface area contributed by atoms with E-state index in [-0.39, 0.29) is 12.3 Å². The normalized spacial score (nSPS) is 11.8. The molecule has 1 aromatic carbocycles. The lowest BCUT2D eigenvalue weighted by Crippen LogP contribution is -2.10. The minimum absolute atomic E-state index is 0.115. The standard InChI is InChI=1S/C20H22BrN5O/c1-13(2)9-18(22)25-19-17(21)12-24-20(26-19)23-11-16(27)10-14(3)15-7-5-4-6-8-15/h4-10,12,27H,3,11H2,1-2H3,(H3,22,23,24,25,26)/b16-10-. The first-order valence-electron chi connectivity index (χ1n) is 8.24. The molecule has 0 unspecified atom stereocenters. The van der Waals surface area contributed by atoms with Crippen molar-refractivity contribution in [1.82, 2.24) is 9.97 Å². The highest BCUT2D eigenvalue weighted by atomic mass is 79.9. The van der Waals surface area contributed by atoms with Crippen molar-refractivity contribution >= 4 is 39.1 Å². The van der Waals surface area contributed by atoms with Gasteiger partial charge in [-0.25, -0.2) is 9.98 Å². The smallest absolute Gasteiger partial charge is 0.225 e. The van der Waals surface area contributed by atoms with Crippen LogP contribution >= 0.6 is 15.9 Å². The molecular weight excluding hydrogens is 406 g/mol. The maximum atomic E-state index is 10.1. The van der Waals surface area contributed by atoms with Gasteiger partial charge >= 0.3 is 0 Å². The summed E-state index contributed by atoms with van der Waals surface area (Å²) in [6, 6.07) is 9.62. The summed E-state index contributed by atoms with van der Waals surface area (Å²) >= 11 is 3.36. The number of rotatable bonds is 7. The second-order valence-corrected chi connectivity index (χ2v) is 6.86. The molecule has 2 aromatic rings. The van der Waals surface area contributed by atoms with Gasteiger partial charge in [0.15, 0.2) is 5.82 Å². The van der Waals surface area contributed by atoms with Crippen LogP contribution in [0.5, 0.6) is 0 Å². The number of nitrogens with two attached hydrogens (primary N) is 1. The van der Waals surface area contributed by atoms with Crippen LogP contribution in [0.1, 0.15) is 19.4 Å². The summed E-state index contributed by atoms with van der Waals surface area (Å²) in [6.45, 7) is 7.98. The van der Waals surface area contributed by atoms with Crippen molar-refractivity contribution < 1.29 is 5.11 Å². The summed E-state index contributed by atoms with van der Waals surface area (Å²) in [6.07, 6.45) is 4.94. The number of hydrogen-bond acceptors (Lipinski definition) is 5. The number of allylic oxidation sites excluding steroid dienone is 3. The number of benzene rings is 1. The Morgan fingerprint density at radius 3 is 2.67 bits per heavy atom. The molecule has 0 atom stereocenters. The molecule has 0 bridgehead atoms. The van der Waals surface area contributed by atoms with Crippen molar-refractivity contribution in [2.45, 2.75) is 13.8 Å². The average molecular weight is 428 g/mol. The zero-order valence-electron chi connectivity index (χ0n) is 15.3. The number of aliphatic imine (C=N–C) groups is 1. The van der Waals surface area contributed by atoms with E-state index in [2.05, 4.69) is 42.8 Å². The Balaban J connectivity index is 2.07. The van der Waals surface area contributed by atoms with Crippen LogP contribution in [-0.4, -0.2) is 27.5 Å². The Kier molecular flexibility index (Phi) is 7.31. The molecule has 6 nitrogen and oxygen atoms in total. The van der Waals surface area contributed by atoms with Gasteiger partial charge < -0.3 is 16.2 Å². The van der Waals surface area contributed by atoms with E-state index >= 15 is 0 Å². The van der Waals surface area contributed by atoms with Gasteiger partial charge in [-0.3, -0.25) is 0 Å². The quantitative estimate of drug-likeness (QED) is 0.256. The van der Waals surface area contributed by atoms with Crippen molar-refractivity contribution in [2.75, 3.05) is 11.9 Å². The SMILES string of the molecule is C=C(/C=C(\O)CNc1ncc(Br)c(N=C(N)C=C(C)C)n1)c1ccccc1. The van der Waals surface area contributed by atoms with Crippen molar-refractivity contribution in [3.8, 4) is 0 Å². The van der Waals surface area contributed by atoms with Crippen LogP contribution in [0.25, 0.3) is 5.57 Å². The molecule has 0 aliphatic heterocycles. The van der Waals surface area contributed by atoms with E-state index in [1.807, 2.05) is 44.2 Å². The van der Waals surface area contributed by atoms with Crippen LogP contribution in [0.4, 0.5) is 11.8 Å². The van der Waals surface area contributed by atoms with Crippen LogP contribution in [0.15, 0.2) is 76.1 Å². The molecule has 0 saturated heterocycles. The Morgan fingerprint density at radius 1 is 1.30 bits per heavy atom. The predicted octanol–water partition coefficient (Wildman–Crippen LogP) is 4.76. The lowest BCUT2D eigenvalue weighted by molar-refractivity contribution is 0.408. The van der Waals surface area contributed by atoms with E-state index in [9.17, 15) is 5.11 Å². The monoisotopic (exact) mass is 427 g/mol. The summed E-state index contributed by atoms with van der Waals surface area (Å²) in [5, 5.41) is 13.1. The maximum absolute atomic E-state index is 10.1. The molecule has 27 heavy (non-hydrogen) atoms. The van der Waals surface area contributed by atoms with Gasteiger partial charge in [0.1, 0.15) is 11.6 Å². The lowest BCUT2D eigenvalue weighted by Gasteiger charge is -2.07. The van der Waals surface area contributed by atoms with E-state index in [1.165, 1.54) is 0 Å². The average Bonchev–Trinajstić information content (AvgIpc) is 2.62. The first-order valence-corrected chi connectivity index (χ1v) is 9.04. The first-order chi connectivity index (χ1) is 12.8. The van der Waals surface area contributed by atoms with Crippen LogP contribution < -0.4 is 11.1 Å². The van der Waals surface area contributed by atoms with E-state index < -0.39 is 0 Å². The van der Waals surface area contributed by atoms with E-state index in [4.69, 9.17) is 5.73 Å². The summed E-state index contributed by atoms with van der Waals surface area (Å²) in [5.41, 5.74) is 8.56. The Labute approximate surface area is 167 Å². The fourth-order valence-electron chi connectivity index (χ4n) is 2.13. The molecule has 1 heterocycles. The number of nitrogens with one attached hydrogen (secondary N) is 1. The van der Waals surface area contributed by atoms with Crippen LogP contribution in [0.3, 0.4) is 0 Å². The van der Waals surface area contributed by atoms with Gasteiger partial charge in [0.2, 0.25) is 5.95 Å². The molecule has 0 spiro atoms. The fourth-order valence-corrected chi connectivity index (χ4v) is 2.41. The van der Waals surface area contributed by atoms with E-state index in [1.54, 1.807) is 18.3 Å². The van der Waals surface area contributed by atoms with Crippen molar-refractivity contribution in [2.24, 2.45) is 10.7 Å². The third-order valence-corrected chi connectivity index (χ3v) is 3.87. The summed E-state index contributed by atoms with van der Waals surface area (Å²) in [7, 11) is 0. The molecule has 0 aliphatic rings. The zero-order valence-corrected chi connectivity index (χ0v) is 16.9. The molecular formula is C20H22BrN5O. The Morgan fingerprint density at radius 2 is 2.00 bits per heavy atom. The third kappa shape index (κ3) is 6.71. The Bertz CT molecular complexity index is 900. The number of aliphatic hydroxyl groups excluding tert-OH is 1. The topological polar surface area (TPSA) is 96.4 Å². The van der Waals surface area contributed by atoms with Gasteiger partial charge in [-0.1, -0.05) is 42.5 Å². The van der Waals surface area contributed by atoms with Crippen LogP contribution in [-0.2, 0) is 0 Å². The molecule has 4 N–H and O–H groups in total. The molecule has 1 aromatic heterocycles. The van der Waals surface area contributed by atoms with Crippen molar-refractivity contribution in [3.63, 3.8) is 0 Å². The number of amidine groups is 1. The number of nitrogens with zero attached hydrogens (tertiary/aromatic N) is 3. The van der Waals surface area contributed by atoms with Crippen LogP contribution in [0, 0.1) is 0 Å².